The van der Waals surface area contributed by atoms with E-state index in [1.54, 1.807) is 41.3 Å². The lowest BCUT2D eigenvalue weighted by Gasteiger charge is -2.25. The van der Waals surface area contributed by atoms with Gasteiger partial charge in [-0.05, 0) is 29.8 Å². The summed E-state index contributed by atoms with van der Waals surface area (Å²) in [4.78, 5) is 28.2. The van der Waals surface area contributed by atoms with E-state index in [1.807, 2.05) is 30.3 Å². The molecule has 1 aliphatic rings. The van der Waals surface area contributed by atoms with Crippen LogP contribution in [0.3, 0.4) is 0 Å². The van der Waals surface area contributed by atoms with Crippen molar-refractivity contribution in [2.75, 3.05) is 24.4 Å². The Bertz CT molecular complexity index is 1130. The predicted octanol–water partition coefficient (Wildman–Crippen LogP) is 4.57. The first-order chi connectivity index (χ1) is 15.0. The number of halogens is 1. The van der Waals surface area contributed by atoms with Gasteiger partial charge in [0.25, 0.3) is 5.91 Å². The van der Waals surface area contributed by atoms with Crippen molar-refractivity contribution in [3.63, 3.8) is 0 Å². The summed E-state index contributed by atoms with van der Waals surface area (Å²) >= 11 is 6.24. The zero-order valence-corrected chi connectivity index (χ0v) is 17.8. The first kappa shape index (κ1) is 20.8. The van der Waals surface area contributed by atoms with Gasteiger partial charge in [0, 0.05) is 23.7 Å². The molecular formula is C24H21ClN2O4. The van der Waals surface area contributed by atoms with Crippen LogP contribution in [0.4, 0.5) is 11.4 Å². The van der Waals surface area contributed by atoms with Crippen LogP contribution in [-0.4, -0.2) is 32.1 Å². The molecule has 0 saturated carbocycles. The smallest absolute Gasteiger partial charge is 0.259 e. The average molecular weight is 437 g/mol. The molecule has 1 N–H and O–H groups in total. The lowest BCUT2D eigenvalue weighted by molar-refractivity contribution is -0.117. The number of nitrogens with one attached hydrogen (secondary N) is 1. The van der Waals surface area contributed by atoms with Gasteiger partial charge in [-0.1, -0.05) is 48.0 Å². The van der Waals surface area contributed by atoms with Gasteiger partial charge in [0.05, 0.1) is 24.9 Å². The Morgan fingerprint density at radius 3 is 2.35 bits per heavy atom. The molecule has 1 aliphatic heterocycles. The molecule has 4 rings (SSSR count). The van der Waals surface area contributed by atoms with Crippen LogP contribution in [0.5, 0.6) is 11.5 Å². The van der Waals surface area contributed by atoms with Crippen molar-refractivity contribution in [1.29, 1.82) is 0 Å². The normalized spacial score (nSPS) is 14.7. The molecular weight excluding hydrogens is 416 g/mol. The summed E-state index contributed by atoms with van der Waals surface area (Å²) in [5, 5.41) is 3.21. The molecule has 3 aromatic carbocycles. The first-order valence-electron chi connectivity index (χ1n) is 9.72. The van der Waals surface area contributed by atoms with E-state index < -0.39 is 6.04 Å². The van der Waals surface area contributed by atoms with Gasteiger partial charge in [0.15, 0.2) is 0 Å². The molecule has 0 saturated heterocycles. The van der Waals surface area contributed by atoms with Crippen LogP contribution in [0, 0.1) is 0 Å². The number of fused-ring (bicyclic) bond motifs is 1. The monoisotopic (exact) mass is 436 g/mol. The van der Waals surface area contributed by atoms with Crippen molar-refractivity contribution in [3.8, 4) is 11.5 Å². The highest BCUT2D eigenvalue weighted by Crippen LogP contribution is 2.38. The van der Waals surface area contributed by atoms with Crippen LogP contribution in [-0.2, 0) is 11.2 Å². The molecule has 158 valence electrons. The maximum Gasteiger partial charge on any atom is 0.259 e. The zero-order valence-electron chi connectivity index (χ0n) is 17.1. The number of carbonyl (C=O) groups is 2. The van der Waals surface area contributed by atoms with Gasteiger partial charge >= 0.3 is 0 Å². The van der Waals surface area contributed by atoms with Crippen molar-refractivity contribution in [3.05, 3.63) is 82.9 Å². The molecule has 2 amide bonds. The molecule has 1 heterocycles. The van der Waals surface area contributed by atoms with Gasteiger partial charge in [-0.15, -0.1) is 0 Å². The van der Waals surface area contributed by atoms with E-state index in [-0.39, 0.29) is 11.8 Å². The van der Waals surface area contributed by atoms with E-state index in [2.05, 4.69) is 5.32 Å². The van der Waals surface area contributed by atoms with Crippen molar-refractivity contribution in [1.82, 2.24) is 0 Å². The molecule has 7 heteroatoms. The second-order valence-electron chi connectivity index (χ2n) is 7.07. The van der Waals surface area contributed by atoms with Crippen LogP contribution in [0.15, 0.2) is 66.7 Å². The molecule has 0 bridgehead atoms. The number of rotatable bonds is 5. The lowest BCUT2D eigenvalue weighted by atomic mass is 10.1. The summed E-state index contributed by atoms with van der Waals surface area (Å²) in [6.07, 6.45) is 0.410. The van der Waals surface area contributed by atoms with E-state index in [9.17, 15) is 9.59 Å². The Labute approximate surface area is 185 Å². The van der Waals surface area contributed by atoms with Crippen LogP contribution < -0.4 is 19.7 Å². The van der Waals surface area contributed by atoms with Gasteiger partial charge in [-0.3, -0.25) is 14.5 Å². The number of carbonyl (C=O) groups excluding carboxylic acids is 2. The van der Waals surface area contributed by atoms with Gasteiger partial charge in [0.2, 0.25) is 5.91 Å². The molecule has 3 aromatic rings. The molecule has 0 fully saturated rings. The number of para-hydroxylation sites is 1. The topological polar surface area (TPSA) is 67.9 Å². The number of methoxy groups -OCH3 is 2. The molecule has 0 aliphatic carbocycles. The van der Waals surface area contributed by atoms with E-state index >= 15 is 0 Å². The number of benzene rings is 3. The molecule has 0 aromatic heterocycles. The average Bonchev–Trinajstić information content (AvgIpc) is 3.19. The summed E-state index contributed by atoms with van der Waals surface area (Å²) in [7, 11) is 3.00. The Hall–Kier alpha value is -3.51. The Kier molecular flexibility index (Phi) is 5.82. The van der Waals surface area contributed by atoms with Gasteiger partial charge < -0.3 is 14.8 Å². The van der Waals surface area contributed by atoms with Gasteiger partial charge in [-0.25, -0.2) is 0 Å². The highest BCUT2D eigenvalue weighted by atomic mass is 35.5. The minimum absolute atomic E-state index is 0.231. The number of hydrogen-bond donors (Lipinski definition) is 1. The fraction of sp³-hybridized carbons (Fsp3) is 0.167. The molecule has 31 heavy (non-hydrogen) atoms. The fourth-order valence-corrected chi connectivity index (χ4v) is 3.98. The van der Waals surface area contributed by atoms with Crippen LogP contribution in [0.25, 0.3) is 0 Å². The number of ether oxygens (including phenoxy) is 2. The van der Waals surface area contributed by atoms with Crippen LogP contribution >= 0.6 is 11.6 Å². The molecule has 0 unspecified atom stereocenters. The van der Waals surface area contributed by atoms with E-state index in [0.717, 1.165) is 11.3 Å². The predicted molar refractivity (Wildman–Crippen MR) is 120 cm³/mol. The summed E-state index contributed by atoms with van der Waals surface area (Å²) < 4.78 is 10.6. The number of anilines is 2. The highest BCUT2D eigenvalue weighted by Gasteiger charge is 2.38. The third-order valence-electron chi connectivity index (χ3n) is 5.25. The summed E-state index contributed by atoms with van der Waals surface area (Å²) in [6, 6.07) is 18.9. The summed E-state index contributed by atoms with van der Waals surface area (Å²) in [5.41, 5.74) is 2.59. The van der Waals surface area contributed by atoms with Crippen molar-refractivity contribution in [2.24, 2.45) is 0 Å². The second-order valence-corrected chi connectivity index (χ2v) is 7.47. The second kappa shape index (κ2) is 8.70. The third kappa shape index (κ3) is 3.94. The SMILES string of the molecule is COc1cc(OC)c(NC(=O)[C@H]2Cc3ccccc3N2C(=O)c2ccccc2)cc1Cl. The van der Waals surface area contributed by atoms with Crippen molar-refractivity contribution >= 4 is 34.8 Å². The van der Waals surface area contributed by atoms with Gasteiger partial charge in [0.1, 0.15) is 17.5 Å². The van der Waals surface area contributed by atoms with Crippen LogP contribution in [0.1, 0.15) is 15.9 Å². The Balaban J connectivity index is 1.67. The van der Waals surface area contributed by atoms with E-state index in [1.165, 1.54) is 14.2 Å². The summed E-state index contributed by atoms with van der Waals surface area (Å²) in [5.74, 6) is 0.280. The van der Waals surface area contributed by atoms with Crippen molar-refractivity contribution in [2.45, 2.75) is 12.5 Å². The quantitative estimate of drug-likeness (QED) is 0.636. The molecule has 0 spiro atoms. The molecule has 1 atom stereocenters. The van der Waals surface area contributed by atoms with Crippen LogP contribution in [0.2, 0.25) is 5.02 Å². The summed E-state index contributed by atoms with van der Waals surface area (Å²) in [6.45, 7) is 0. The minimum atomic E-state index is -0.712. The number of hydrogen-bond acceptors (Lipinski definition) is 4. The van der Waals surface area contributed by atoms with E-state index in [0.29, 0.717) is 34.2 Å². The van der Waals surface area contributed by atoms with Crippen molar-refractivity contribution < 1.29 is 19.1 Å². The fourth-order valence-electron chi connectivity index (χ4n) is 3.74. The third-order valence-corrected chi connectivity index (χ3v) is 5.55. The maximum absolute atomic E-state index is 13.3. The largest absolute Gasteiger partial charge is 0.495 e. The highest BCUT2D eigenvalue weighted by molar-refractivity contribution is 6.32. The number of nitrogens with zero attached hydrogens (tertiary/aromatic N) is 1. The Morgan fingerprint density at radius 2 is 1.65 bits per heavy atom. The minimum Gasteiger partial charge on any atom is -0.495 e. The Morgan fingerprint density at radius 1 is 0.968 bits per heavy atom. The first-order valence-corrected chi connectivity index (χ1v) is 10.1. The molecule has 6 nitrogen and oxygen atoms in total. The molecule has 0 radical (unpaired) electrons. The zero-order chi connectivity index (χ0) is 22.0. The standard InChI is InChI=1S/C24H21ClN2O4/c1-30-21-14-22(31-2)18(13-17(21)25)26-23(28)20-12-16-10-6-7-11-19(16)27(20)24(29)15-8-4-3-5-9-15/h3-11,13-14,20H,12H2,1-2H3,(H,26,28)/t20-/m1/s1. The number of amides is 2. The maximum atomic E-state index is 13.3. The van der Waals surface area contributed by atoms with Gasteiger partial charge in [-0.2, -0.15) is 0 Å². The lowest BCUT2D eigenvalue weighted by Crippen LogP contribution is -2.45. The van der Waals surface area contributed by atoms with E-state index in [4.69, 9.17) is 21.1 Å².